The second kappa shape index (κ2) is 9.78. The zero-order valence-electron chi connectivity index (χ0n) is 12.8. The SMILES string of the molecule is CC(=O)CCCC(=O)[C@H](O)C(C)(C)COC(=O)NCCS. The molecule has 1 amide bonds. The van der Waals surface area contributed by atoms with Crippen molar-refractivity contribution < 1.29 is 24.2 Å². The first kappa shape index (κ1) is 19.9. The molecule has 0 saturated heterocycles. The van der Waals surface area contributed by atoms with E-state index in [0.29, 0.717) is 25.1 Å². The molecule has 0 aromatic heterocycles. The van der Waals surface area contributed by atoms with Gasteiger partial charge in [0.05, 0.1) is 0 Å². The normalized spacial score (nSPS) is 12.6. The fraction of sp³-hybridized carbons (Fsp3) is 0.786. The molecule has 7 heteroatoms. The number of carbonyl (C=O) groups is 3. The van der Waals surface area contributed by atoms with E-state index in [1.807, 2.05) is 0 Å². The van der Waals surface area contributed by atoms with Crippen molar-refractivity contribution in [3.05, 3.63) is 0 Å². The highest BCUT2D eigenvalue weighted by molar-refractivity contribution is 7.80. The van der Waals surface area contributed by atoms with Crippen molar-refractivity contribution >= 4 is 30.3 Å². The van der Waals surface area contributed by atoms with Gasteiger partial charge in [-0.1, -0.05) is 13.8 Å². The predicted molar refractivity (Wildman–Crippen MR) is 82.5 cm³/mol. The molecule has 0 fully saturated rings. The number of thiol groups is 1. The molecule has 1 atom stereocenters. The maximum atomic E-state index is 11.9. The Morgan fingerprint density at radius 1 is 1.29 bits per heavy atom. The molecule has 21 heavy (non-hydrogen) atoms. The number of nitrogens with one attached hydrogen (secondary N) is 1. The van der Waals surface area contributed by atoms with Crippen LogP contribution in [0.2, 0.25) is 0 Å². The highest BCUT2D eigenvalue weighted by atomic mass is 32.1. The van der Waals surface area contributed by atoms with Gasteiger partial charge in [0.25, 0.3) is 0 Å². The van der Waals surface area contributed by atoms with E-state index in [4.69, 9.17) is 4.74 Å². The van der Waals surface area contributed by atoms with Gasteiger partial charge in [-0.25, -0.2) is 4.79 Å². The minimum absolute atomic E-state index is 0.0146. The average molecular weight is 319 g/mol. The Bertz CT molecular complexity index is 370. The molecule has 0 radical (unpaired) electrons. The van der Waals surface area contributed by atoms with Gasteiger partial charge >= 0.3 is 6.09 Å². The monoisotopic (exact) mass is 319 g/mol. The first-order chi connectivity index (χ1) is 9.70. The van der Waals surface area contributed by atoms with Gasteiger partial charge in [0, 0.05) is 30.6 Å². The molecule has 0 aromatic carbocycles. The molecule has 0 unspecified atom stereocenters. The van der Waals surface area contributed by atoms with Gasteiger partial charge in [0.2, 0.25) is 0 Å². The van der Waals surface area contributed by atoms with Crippen LogP contribution in [0.4, 0.5) is 4.79 Å². The summed E-state index contributed by atoms with van der Waals surface area (Å²) < 4.78 is 4.97. The van der Waals surface area contributed by atoms with E-state index < -0.39 is 17.6 Å². The number of aliphatic hydroxyl groups is 1. The average Bonchev–Trinajstić information content (AvgIpc) is 2.41. The summed E-state index contributed by atoms with van der Waals surface area (Å²) in [5.74, 6) is 0.164. The summed E-state index contributed by atoms with van der Waals surface area (Å²) in [6, 6.07) is 0. The number of Topliss-reactive ketones (excluding diaryl/α,β-unsaturated/α-hetero) is 2. The van der Waals surface area contributed by atoms with Crippen molar-refractivity contribution in [3.8, 4) is 0 Å². The van der Waals surface area contributed by atoms with Gasteiger partial charge in [0.1, 0.15) is 18.5 Å². The van der Waals surface area contributed by atoms with Crippen LogP contribution in [-0.2, 0) is 14.3 Å². The number of alkyl carbamates (subject to hydrolysis) is 1. The van der Waals surface area contributed by atoms with Gasteiger partial charge in [-0.3, -0.25) is 4.79 Å². The van der Waals surface area contributed by atoms with Crippen LogP contribution in [0.3, 0.4) is 0 Å². The number of hydrogen-bond donors (Lipinski definition) is 3. The van der Waals surface area contributed by atoms with Crippen molar-refractivity contribution in [2.24, 2.45) is 5.41 Å². The van der Waals surface area contributed by atoms with Crippen LogP contribution in [-0.4, -0.2) is 47.8 Å². The van der Waals surface area contributed by atoms with Gasteiger partial charge in [-0.15, -0.1) is 0 Å². The van der Waals surface area contributed by atoms with Crippen molar-refractivity contribution in [3.63, 3.8) is 0 Å². The zero-order chi connectivity index (χ0) is 16.5. The Morgan fingerprint density at radius 3 is 2.43 bits per heavy atom. The summed E-state index contributed by atoms with van der Waals surface area (Å²) in [4.78, 5) is 34.0. The van der Waals surface area contributed by atoms with Crippen LogP contribution in [0.25, 0.3) is 0 Å². The lowest BCUT2D eigenvalue weighted by Gasteiger charge is -2.28. The number of amides is 1. The lowest BCUT2D eigenvalue weighted by atomic mass is 9.84. The Labute approximate surface area is 131 Å². The third-order valence-corrected chi connectivity index (χ3v) is 3.18. The fourth-order valence-electron chi connectivity index (χ4n) is 1.62. The fourth-order valence-corrected chi connectivity index (χ4v) is 1.74. The van der Waals surface area contributed by atoms with Crippen LogP contribution in [0.1, 0.15) is 40.0 Å². The number of ketones is 2. The summed E-state index contributed by atoms with van der Waals surface area (Å²) in [6.07, 6.45) is -0.960. The smallest absolute Gasteiger partial charge is 0.407 e. The first-order valence-corrected chi connectivity index (χ1v) is 7.55. The second-order valence-electron chi connectivity index (χ2n) is 5.64. The molecule has 0 rings (SSSR count). The van der Waals surface area contributed by atoms with E-state index in [1.54, 1.807) is 13.8 Å². The third kappa shape index (κ3) is 8.72. The molecule has 0 aliphatic heterocycles. The zero-order valence-corrected chi connectivity index (χ0v) is 13.7. The standard InChI is InChI=1S/C14H25NO5S/c1-10(16)5-4-6-11(17)12(18)14(2,3)9-20-13(19)15-7-8-21/h12,18,21H,4-9H2,1-3H3,(H,15,19)/t12-/m0/s1. The molecule has 2 N–H and O–H groups in total. The molecule has 0 aliphatic rings. The minimum atomic E-state index is -1.23. The largest absolute Gasteiger partial charge is 0.449 e. The van der Waals surface area contributed by atoms with Crippen molar-refractivity contribution in [1.29, 1.82) is 0 Å². The number of carbonyl (C=O) groups excluding carboxylic acids is 3. The Morgan fingerprint density at radius 2 is 1.90 bits per heavy atom. The van der Waals surface area contributed by atoms with E-state index in [-0.39, 0.29) is 24.6 Å². The molecule has 0 heterocycles. The lowest BCUT2D eigenvalue weighted by Crippen LogP contribution is -2.41. The summed E-state index contributed by atoms with van der Waals surface area (Å²) >= 11 is 3.95. The van der Waals surface area contributed by atoms with Crippen LogP contribution < -0.4 is 5.32 Å². The Balaban J connectivity index is 4.24. The summed E-state index contributed by atoms with van der Waals surface area (Å²) in [5, 5.41) is 12.5. The van der Waals surface area contributed by atoms with Crippen molar-refractivity contribution in [1.82, 2.24) is 5.32 Å². The maximum absolute atomic E-state index is 11.9. The summed E-state index contributed by atoms with van der Waals surface area (Å²) in [7, 11) is 0. The van der Waals surface area contributed by atoms with E-state index in [1.165, 1.54) is 6.92 Å². The van der Waals surface area contributed by atoms with Crippen molar-refractivity contribution in [2.75, 3.05) is 18.9 Å². The predicted octanol–water partition coefficient (Wildman–Crippen LogP) is 1.36. The van der Waals surface area contributed by atoms with Gasteiger partial charge in [-0.05, 0) is 13.3 Å². The second-order valence-corrected chi connectivity index (χ2v) is 6.09. The summed E-state index contributed by atoms with van der Waals surface area (Å²) in [6.45, 7) is 5.06. The molecular formula is C14H25NO5S. The highest BCUT2D eigenvalue weighted by Gasteiger charge is 2.34. The molecule has 6 nitrogen and oxygen atoms in total. The highest BCUT2D eigenvalue weighted by Crippen LogP contribution is 2.23. The maximum Gasteiger partial charge on any atom is 0.407 e. The molecule has 0 aliphatic carbocycles. The van der Waals surface area contributed by atoms with Crippen LogP contribution in [0.15, 0.2) is 0 Å². The van der Waals surface area contributed by atoms with E-state index in [0.717, 1.165) is 0 Å². The van der Waals surface area contributed by atoms with Gasteiger partial charge in [-0.2, -0.15) is 12.6 Å². The minimum Gasteiger partial charge on any atom is -0.449 e. The lowest BCUT2D eigenvalue weighted by molar-refractivity contribution is -0.135. The van der Waals surface area contributed by atoms with E-state index in [9.17, 15) is 19.5 Å². The molecule has 0 saturated carbocycles. The summed E-state index contributed by atoms with van der Waals surface area (Å²) in [5.41, 5.74) is -0.883. The first-order valence-electron chi connectivity index (χ1n) is 6.92. The molecule has 0 aromatic rings. The molecular weight excluding hydrogens is 294 g/mol. The van der Waals surface area contributed by atoms with Gasteiger partial charge in [0.15, 0.2) is 5.78 Å². The number of rotatable bonds is 10. The molecule has 122 valence electrons. The topological polar surface area (TPSA) is 92.7 Å². The molecule has 0 bridgehead atoms. The third-order valence-electron chi connectivity index (χ3n) is 2.95. The van der Waals surface area contributed by atoms with Crippen LogP contribution in [0.5, 0.6) is 0 Å². The molecule has 0 spiro atoms. The van der Waals surface area contributed by atoms with E-state index in [2.05, 4.69) is 17.9 Å². The Kier molecular flexibility index (Phi) is 9.28. The van der Waals surface area contributed by atoms with Crippen molar-refractivity contribution in [2.45, 2.75) is 46.1 Å². The van der Waals surface area contributed by atoms with E-state index >= 15 is 0 Å². The van der Waals surface area contributed by atoms with Crippen LogP contribution in [0, 0.1) is 5.41 Å². The number of hydrogen-bond acceptors (Lipinski definition) is 6. The van der Waals surface area contributed by atoms with Crippen LogP contribution >= 0.6 is 12.6 Å². The number of ether oxygens (including phenoxy) is 1. The van der Waals surface area contributed by atoms with Gasteiger partial charge < -0.3 is 20.0 Å². The number of aliphatic hydroxyl groups excluding tert-OH is 1. The quantitative estimate of drug-likeness (QED) is 0.529. The Hall–Kier alpha value is -1.08.